The summed E-state index contributed by atoms with van der Waals surface area (Å²) in [6.07, 6.45) is 0. The highest BCUT2D eigenvalue weighted by molar-refractivity contribution is 8.76. The van der Waals surface area contributed by atoms with Crippen LogP contribution in [0.4, 0.5) is 22.7 Å². The molecule has 32 heavy (non-hydrogen) atoms. The Bertz CT molecular complexity index is 927. The second-order valence-electron chi connectivity index (χ2n) is 6.19. The summed E-state index contributed by atoms with van der Waals surface area (Å²) in [4.78, 5) is 44.0. The summed E-state index contributed by atoms with van der Waals surface area (Å²) < 4.78 is 0. The average Bonchev–Trinajstić information content (AvgIpc) is 2.74. The molecule has 0 heterocycles. The molecule has 0 aromatic heterocycles. The predicted octanol–water partition coefficient (Wildman–Crippen LogP) is 3.31. The lowest BCUT2D eigenvalue weighted by molar-refractivity contribution is -0.384. The van der Waals surface area contributed by atoms with Crippen molar-refractivity contribution in [1.29, 1.82) is 0 Å². The van der Waals surface area contributed by atoms with Crippen LogP contribution in [-0.4, -0.2) is 55.6 Å². The maximum absolute atomic E-state index is 11.5. The number of aliphatic carboxylic acids is 2. The van der Waals surface area contributed by atoms with Gasteiger partial charge in [0, 0.05) is 23.6 Å². The van der Waals surface area contributed by atoms with Gasteiger partial charge in [0.15, 0.2) is 0 Å². The van der Waals surface area contributed by atoms with Crippen molar-refractivity contribution < 1.29 is 29.6 Å². The SMILES string of the molecule is O=C(O)C(CSSC[C@H](Nc1ccccc1[N+](=O)[O-])C(=O)O)Nc1ccccc1[N+](=O)[O-]. The standard InChI is InChI=1S/C18H18N4O8S2/c23-17(24)13(19-11-5-1-3-7-15(11)21(27)28)9-31-32-10-14(18(25)26)20-12-6-2-4-8-16(12)22(29)30/h1-8,13-14,19-20H,9-10H2,(H,23,24)(H,25,26)/t13-,14?/m0/s1. The minimum absolute atomic E-state index is 0.0239. The summed E-state index contributed by atoms with van der Waals surface area (Å²) in [6.45, 7) is 0. The number of carbonyl (C=O) groups is 2. The van der Waals surface area contributed by atoms with Crippen molar-refractivity contribution >= 4 is 56.3 Å². The molecule has 2 aromatic rings. The second kappa shape index (κ2) is 11.8. The Labute approximate surface area is 189 Å². The van der Waals surface area contributed by atoms with Crippen LogP contribution in [0.25, 0.3) is 0 Å². The van der Waals surface area contributed by atoms with Crippen molar-refractivity contribution in [3.05, 3.63) is 68.8 Å². The van der Waals surface area contributed by atoms with Crippen LogP contribution in [0, 0.1) is 20.2 Å². The molecule has 0 saturated carbocycles. The number of benzene rings is 2. The van der Waals surface area contributed by atoms with E-state index >= 15 is 0 Å². The number of para-hydroxylation sites is 4. The number of carboxylic acid groups (broad SMARTS) is 2. The molecule has 0 aliphatic heterocycles. The highest BCUT2D eigenvalue weighted by Gasteiger charge is 2.24. The number of nitrogens with zero attached hydrogens (tertiary/aromatic N) is 2. The third kappa shape index (κ3) is 7.02. The lowest BCUT2D eigenvalue weighted by Gasteiger charge is -2.17. The molecule has 0 fully saturated rings. The van der Waals surface area contributed by atoms with Crippen molar-refractivity contribution in [2.24, 2.45) is 0 Å². The van der Waals surface area contributed by atoms with Crippen molar-refractivity contribution in [2.45, 2.75) is 12.1 Å². The first-order chi connectivity index (χ1) is 15.2. The van der Waals surface area contributed by atoms with Crippen LogP contribution in [0.2, 0.25) is 0 Å². The first kappa shape index (κ1) is 24.7. The van der Waals surface area contributed by atoms with E-state index in [1.807, 2.05) is 0 Å². The van der Waals surface area contributed by atoms with Crippen LogP contribution in [0.1, 0.15) is 0 Å². The van der Waals surface area contributed by atoms with Crippen LogP contribution in [0.15, 0.2) is 48.5 Å². The normalized spacial score (nSPS) is 12.4. The van der Waals surface area contributed by atoms with E-state index in [0.29, 0.717) is 0 Å². The number of hydrogen-bond acceptors (Lipinski definition) is 10. The van der Waals surface area contributed by atoms with Gasteiger partial charge in [-0.15, -0.1) is 0 Å². The summed E-state index contributed by atoms with van der Waals surface area (Å²) >= 11 is 0. The molecule has 2 rings (SSSR count). The number of nitro groups is 2. The number of anilines is 2. The van der Waals surface area contributed by atoms with Gasteiger partial charge in [-0.25, -0.2) is 9.59 Å². The topological polar surface area (TPSA) is 185 Å². The Hall–Kier alpha value is -3.52. The molecule has 2 aromatic carbocycles. The quantitative estimate of drug-likeness (QED) is 0.141. The molecule has 0 aliphatic rings. The number of rotatable bonds is 13. The molecule has 0 aliphatic carbocycles. The fourth-order valence-electron chi connectivity index (χ4n) is 2.47. The van der Waals surface area contributed by atoms with Crippen LogP contribution >= 0.6 is 21.6 Å². The zero-order valence-corrected chi connectivity index (χ0v) is 17.9. The van der Waals surface area contributed by atoms with Crippen molar-refractivity contribution in [3.8, 4) is 0 Å². The van der Waals surface area contributed by atoms with Crippen LogP contribution in [0.5, 0.6) is 0 Å². The lowest BCUT2D eigenvalue weighted by atomic mass is 10.2. The van der Waals surface area contributed by atoms with Gasteiger partial charge < -0.3 is 20.8 Å². The molecule has 0 amide bonds. The summed E-state index contributed by atoms with van der Waals surface area (Å²) in [5.41, 5.74) is -0.430. The van der Waals surface area contributed by atoms with Gasteiger partial charge in [0.2, 0.25) is 0 Å². The molecule has 14 heteroatoms. The molecule has 0 saturated heterocycles. The Kier molecular flexibility index (Phi) is 9.09. The highest BCUT2D eigenvalue weighted by Crippen LogP contribution is 2.29. The smallest absolute Gasteiger partial charge is 0.327 e. The van der Waals surface area contributed by atoms with Gasteiger partial charge in [-0.3, -0.25) is 20.2 Å². The fraction of sp³-hybridized carbons (Fsp3) is 0.222. The van der Waals surface area contributed by atoms with Crippen molar-refractivity contribution in [3.63, 3.8) is 0 Å². The van der Waals surface area contributed by atoms with Gasteiger partial charge in [0.05, 0.1) is 9.85 Å². The zero-order valence-electron chi connectivity index (χ0n) is 16.2. The van der Waals surface area contributed by atoms with E-state index in [1.165, 1.54) is 48.5 Å². The molecule has 4 N–H and O–H groups in total. The number of hydrogen-bond donors (Lipinski definition) is 4. The summed E-state index contributed by atoms with van der Waals surface area (Å²) in [6, 6.07) is 8.92. The highest BCUT2D eigenvalue weighted by atomic mass is 33.1. The van der Waals surface area contributed by atoms with E-state index < -0.39 is 33.9 Å². The predicted molar refractivity (Wildman–Crippen MR) is 121 cm³/mol. The van der Waals surface area contributed by atoms with E-state index in [-0.39, 0.29) is 34.3 Å². The Morgan fingerprint density at radius 2 is 1.12 bits per heavy atom. The van der Waals surface area contributed by atoms with E-state index in [9.17, 15) is 40.0 Å². The van der Waals surface area contributed by atoms with Gasteiger partial charge in [-0.2, -0.15) is 0 Å². The molecular formula is C18H18N4O8S2. The first-order valence-electron chi connectivity index (χ1n) is 8.90. The maximum Gasteiger partial charge on any atom is 0.327 e. The summed E-state index contributed by atoms with van der Waals surface area (Å²) in [5.74, 6) is -2.51. The van der Waals surface area contributed by atoms with Crippen molar-refractivity contribution in [2.75, 3.05) is 22.1 Å². The van der Waals surface area contributed by atoms with Crippen molar-refractivity contribution in [1.82, 2.24) is 0 Å². The van der Waals surface area contributed by atoms with Crippen LogP contribution in [0.3, 0.4) is 0 Å². The third-order valence-electron chi connectivity index (χ3n) is 4.01. The number of nitro benzene ring substituents is 2. The average molecular weight is 482 g/mol. The van der Waals surface area contributed by atoms with Gasteiger partial charge in [-0.1, -0.05) is 45.9 Å². The van der Waals surface area contributed by atoms with E-state index in [4.69, 9.17) is 0 Å². The Morgan fingerprint density at radius 1 is 0.781 bits per heavy atom. The minimum Gasteiger partial charge on any atom is -0.480 e. The third-order valence-corrected chi connectivity index (χ3v) is 6.43. The van der Waals surface area contributed by atoms with Crippen LogP contribution in [-0.2, 0) is 9.59 Å². The molecule has 1 unspecified atom stereocenters. The molecule has 0 bridgehead atoms. The molecule has 0 spiro atoms. The van der Waals surface area contributed by atoms with E-state index in [2.05, 4.69) is 10.6 Å². The second-order valence-corrected chi connectivity index (χ2v) is 8.74. The number of carboxylic acids is 2. The van der Waals surface area contributed by atoms with Crippen LogP contribution < -0.4 is 10.6 Å². The van der Waals surface area contributed by atoms with Gasteiger partial charge >= 0.3 is 11.9 Å². The molecule has 170 valence electrons. The Balaban J connectivity index is 1.96. The number of nitrogens with one attached hydrogen (secondary N) is 2. The molecule has 12 nitrogen and oxygen atoms in total. The summed E-state index contributed by atoms with van der Waals surface area (Å²) in [5, 5.41) is 46.2. The van der Waals surface area contributed by atoms with Gasteiger partial charge in [0.25, 0.3) is 11.4 Å². The Morgan fingerprint density at radius 3 is 1.44 bits per heavy atom. The molecular weight excluding hydrogens is 464 g/mol. The minimum atomic E-state index is -1.23. The van der Waals surface area contributed by atoms with Gasteiger partial charge in [0.1, 0.15) is 23.5 Å². The van der Waals surface area contributed by atoms with E-state index in [1.54, 1.807) is 0 Å². The zero-order chi connectivity index (χ0) is 23.7. The summed E-state index contributed by atoms with van der Waals surface area (Å²) in [7, 11) is 2.11. The van der Waals surface area contributed by atoms with E-state index in [0.717, 1.165) is 21.6 Å². The monoisotopic (exact) mass is 482 g/mol. The lowest BCUT2D eigenvalue weighted by Crippen LogP contribution is -2.33. The molecule has 2 atom stereocenters. The molecule has 0 radical (unpaired) electrons. The first-order valence-corrected chi connectivity index (χ1v) is 11.4. The van der Waals surface area contributed by atoms with Gasteiger partial charge in [-0.05, 0) is 12.1 Å². The maximum atomic E-state index is 11.5. The fourth-order valence-corrected chi connectivity index (χ4v) is 4.78. The largest absolute Gasteiger partial charge is 0.480 e.